The quantitative estimate of drug-likeness (QED) is 0.648. The first-order chi connectivity index (χ1) is 14.7. The number of fused-ring (bicyclic) bond motifs is 2. The zero-order valence-electron chi connectivity index (χ0n) is 17.3. The van der Waals surface area contributed by atoms with Crippen LogP contribution in [0, 0.1) is 0 Å². The van der Waals surface area contributed by atoms with Crippen molar-refractivity contribution in [3.8, 4) is 0 Å². The molecule has 7 nitrogen and oxygen atoms in total. The van der Waals surface area contributed by atoms with Crippen LogP contribution in [0.5, 0.6) is 0 Å². The first-order valence-corrected chi connectivity index (χ1v) is 10.6. The number of hydrogen-bond acceptors (Lipinski definition) is 5. The minimum atomic E-state index is 0.184. The Morgan fingerprint density at radius 1 is 1.03 bits per heavy atom. The average Bonchev–Trinajstić information content (AvgIpc) is 3.37. The zero-order valence-corrected chi connectivity index (χ0v) is 17.3. The van der Waals surface area contributed by atoms with E-state index in [4.69, 9.17) is 4.84 Å². The van der Waals surface area contributed by atoms with Crippen LogP contribution in [0.4, 0.5) is 5.69 Å². The van der Waals surface area contributed by atoms with Crippen LogP contribution in [0.3, 0.4) is 0 Å². The van der Waals surface area contributed by atoms with Crippen LogP contribution in [0.25, 0.3) is 10.9 Å². The number of aromatic nitrogens is 2. The minimum Gasteiger partial charge on any atom is -0.400 e. The molecule has 156 valence electrons. The smallest absolute Gasteiger partial charge is 0.241 e. The van der Waals surface area contributed by atoms with E-state index in [0.717, 1.165) is 62.3 Å². The van der Waals surface area contributed by atoms with Crippen LogP contribution < -0.4 is 9.74 Å². The van der Waals surface area contributed by atoms with Crippen molar-refractivity contribution in [2.75, 3.05) is 51.3 Å². The molecule has 0 unspecified atom stereocenters. The first-order valence-electron chi connectivity index (χ1n) is 10.6. The maximum atomic E-state index is 13.1. The zero-order chi connectivity index (χ0) is 20.5. The lowest BCUT2D eigenvalue weighted by Gasteiger charge is -2.35. The molecule has 0 atom stereocenters. The van der Waals surface area contributed by atoms with E-state index in [9.17, 15) is 4.79 Å². The number of carbonyl (C=O) groups excluding carboxylic acids is 1. The summed E-state index contributed by atoms with van der Waals surface area (Å²) in [6.07, 6.45) is 2.66. The van der Waals surface area contributed by atoms with E-state index in [0.29, 0.717) is 6.54 Å². The van der Waals surface area contributed by atoms with Gasteiger partial charge in [0.1, 0.15) is 12.6 Å². The van der Waals surface area contributed by atoms with Gasteiger partial charge in [0.2, 0.25) is 5.91 Å². The molecule has 1 amide bonds. The van der Waals surface area contributed by atoms with Crippen molar-refractivity contribution in [2.45, 2.75) is 13.0 Å². The molecule has 0 radical (unpaired) electrons. The van der Waals surface area contributed by atoms with Gasteiger partial charge < -0.3 is 9.74 Å². The maximum Gasteiger partial charge on any atom is 0.241 e. The van der Waals surface area contributed by atoms with Gasteiger partial charge in [-0.05, 0) is 29.7 Å². The molecule has 0 bridgehead atoms. The molecule has 7 heteroatoms. The summed E-state index contributed by atoms with van der Waals surface area (Å²) in [4.78, 5) is 26.5. The van der Waals surface area contributed by atoms with Gasteiger partial charge in [0.25, 0.3) is 0 Å². The number of amides is 1. The molecule has 2 aliphatic rings. The van der Waals surface area contributed by atoms with Crippen molar-refractivity contribution in [3.63, 3.8) is 0 Å². The largest absolute Gasteiger partial charge is 0.400 e. The van der Waals surface area contributed by atoms with Crippen LogP contribution in [0.2, 0.25) is 0 Å². The van der Waals surface area contributed by atoms with Gasteiger partial charge in [-0.3, -0.25) is 14.6 Å². The fourth-order valence-corrected chi connectivity index (χ4v) is 4.51. The summed E-state index contributed by atoms with van der Waals surface area (Å²) >= 11 is 0. The second kappa shape index (κ2) is 8.08. The number of nitrogens with zero attached hydrogens (tertiary/aromatic N) is 5. The lowest BCUT2D eigenvalue weighted by Crippen LogP contribution is -2.49. The molecule has 5 rings (SSSR count). The molecule has 0 aliphatic carbocycles. The van der Waals surface area contributed by atoms with Crippen molar-refractivity contribution < 1.29 is 9.63 Å². The number of rotatable bonds is 5. The number of hydrogen-bond donors (Lipinski definition) is 0. The Morgan fingerprint density at radius 2 is 1.80 bits per heavy atom. The Balaban J connectivity index is 1.20. The molecule has 2 aromatic carbocycles. The molecule has 1 aromatic heterocycles. The third-order valence-electron chi connectivity index (χ3n) is 6.18. The van der Waals surface area contributed by atoms with Gasteiger partial charge in [-0.2, -0.15) is 0 Å². The van der Waals surface area contributed by atoms with Crippen LogP contribution in [0.1, 0.15) is 11.1 Å². The van der Waals surface area contributed by atoms with Crippen LogP contribution in [-0.2, 0) is 17.8 Å². The number of anilines is 1. The number of piperazine rings is 1. The molecule has 1 saturated heterocycles. The monoisotopic (exact) mass is 405 g/mol. The van der Waals surface area contributed by atoms with E-state index in [1.165, 1.54) is 16.0 Å². The summed E-state index contributed by atoms with van der Waals surface area (Å²) in [7, 11) is 1.61. The van der Waals surface area contributed by atoms with Crippen molar-refractivity contribution in [3.05, 3.63) is 59.8 Å². The molecule has 3 heterocycles. The summed E-state index contributed by atoms with van der Waals surface area (Å²) in [5.74, 6) is 0.184. The fraction of sp³-hybridized carbons (Fsp3) is 0.391. The number of benzene rings is 2. The van der Waals surface area contributed by atoms with Gasteiger partial charge in [-0.1, -0.05) is 35.2 Å². The third kappa shape index (κ3) is 3.66. The molecule has 0 spiro atoms. The van der Waals surface area contributed by atoms with E-state index in [1.54, 1.807) is 13.3 Å². The Morgan fingerprint density at radius 3 is 2.57 bits per heavy atom. The first kappa shape index (κ1) is 19.1. The van der Waals surface area contributed by atoms with Crippen molar-refractivity contribution in [1.29, 1.82) is 0 Å². The lowest BCUT2D eigenvalue weighted by atomic mass is 10.1. The Labute approximate surface area is 176 Å². The van der Waals surface area contributed by atoms with Gasteiger partial charge in [-0.15, -0.1) is 5.10 Å². The van der Waals surface area contributed by atoms with E-state index >= 15 is 0 Å². The lowest BCUT2D eigenvalue weighted by molar-refractivity contribution is -0.120. The minimum absolute atomic E-state index is 0.184. The van der Waals surface area contributed by atoms with Gasteiger partial charge in [0.15, 0.2) is 0 Å². The van der Waals surface area contributed by atoms with Crippen molar-refractivity contribution in [1.82, 2.24) is 19.7 Å². The number of carbonyl (C=O) groups is 1. The molecule has 30 heavy (non-hydrogen) atoms. The summed E-state index contributed by atoms with van der Waals surface area (Å²) in [5, 5.41) is 5.22. The highest BCUT2D eigenvalue weighted by atomic mass is 16.7. The van der Waals surface area contributed by atoms with Crippen molar-refractivity contribution >= 4 is 22.5 Å². The summed E-state index contributed by atoms with van der Waals surface area (Å²) in [6.45, 7) is 6.05. The Bertz CT molecular complexity index is 1040. The second-order valence-electron chi connectivity index (χ2n) is 8.07. The topological polar surface area (TPSA) is 53.8 Å². The highest BCUT2D eigenvalue weighted by Crippen LogP contribution is 2.32. The highest BCUT2D eigenvalue weighted by molar-refractivity contribution is 5.99. The van der Waals surface area contributed by atoms with Crippen LogP contribution in [-0.4, -0.2) is 72.0 Å². The molecular formula is C23H27N5O2. The van der Waals surface area contributed by atoms with Gasteiger partial charge in [-0.25, -0.2) is 0 Å². The molecule has 0 N–H and O–H groups in total. The van der Waals surface area contributed by atoms with Crippen LogP contribution >= 0.6 is 0 Å². The average molecular weight is 406 g/mol. The standard InChI is InChI=1S/C23H27N5O2/c1-30-28-22-13-19-7-8-27(21(19)14-20(22)15-24-28)23(29)17-26-11-9-25(10-12-26)16-18-5-3-2-4-6-18/h2-6,13-15H,7-12,16-17H2,1H3. The molecule has 0 saturated carbocycles. The fourth-order valence-electron chi connectivity index (χ4n) is 4.51. The summed E-state index contributed by atoms with van der Waals surface area (Å²) in [6, 6.07) is 14.7. The van der Waals surface area contributed by atoms with E-state index in [-0.39, 0.29) is 5.91 Å². The Hall–Kier alpha value is -2.90. The predicted octanol–water partition coefficient (Wildman–Crippen LogP) is 1.80. The molecule has 3 aromatic rings. The van der Waals surface area contributed by atoms with Gasteiger partial charge in [0.05, 0.1) is 12.7 Å². The summed E-state index contributed by atoms with van der Waals surface area (Å²) < 4.78 is 0. The SMILES string of the molecule is COn1ncc2cc3c(cc21)CCN3C(=O)CN1CCN(Cc2ccccc2)CC1. The normalized spacial score (nSPS) is 17.4. The third-order valence-corrected chi connectivity index (χ3v) is 6.18. The summed E-state index contributed by atoms with van der Waals surface area (Å²) in [5.41, 5.74) is 4.49. The predicted molar refractivity (Wildman–Crippen MR) is 116 cm³/mol. The van der Waals surface area contributed by atoms with Gasteiger partial charge >= 0.3 is 0 Å². The maximum absolute atomic E-state index is 13.1. The van der Waals surface area contributed by atoms with Crippen LogP contribution in [0.15, 0.2) is 48.7 Å². The second-order valence-corrected chi connectivity index (χ2v) is 8.07. The molecular weight excluding hydrogens is 378 g/mol. The van der Waals surface area contributed by atoms with E-state index in [1.807, 2.05) is 4.90 Å². The molecule has 1 fully saturated rings. The van der Waals surface area contributed by atoms with E-state index < -0.39 is 0 Å². The van der Waals surface area contributed by atoms with Crippen molar-refractivity contribution in [2.24, 2.45) is 0 Å². The highest BCUT2D eigenvalue weighted by Gasteiger charge is 2.28. The molecule has 2 aliphatic heterocycles. The van der Waals surface area contributed by atoms with Gasteiger partial charge in [0, 0.05) is 50.3 Å². The van der Waals surface area contributed by atoms with E-state index in [2.05, 4.69) is 57.4 Å². The Kier molecular flexibility index (Phi) is 5.14.